The molecule has 2 rings (SSSR count). The molecule has 2 atom stereocenters. The van der Waals surface area contributed by atoms with Crippen LogP contribution in [0, 0.1) is 12.8 Å². The van der Waals surface area contributed by atoms with Gasteiger partial charge in [0.1, 0.15) is 0 Å². The first-order chi connectivity index (χ1) is 13.5. The topological polar surface area (TPSA) is 22.1 Å². The zero-order chi connectivity index (χ0) is 20.4. The third kappa shape index (κ3) is 6.92. The summed E-state index contributed by atoms with van der Waals surface area (Å²) in [5.74, 6) is 1.84. The van der Waals surface area contributed by atoms with Crippen molar-refractivity contribution in [3.8, 4) is 5.75 Å². The van der Waals surface area contributed by atoms with E-state index in [0.717, 1.165) is 17.4 Å². The zero-order valence-corrected chi connectivity index (χ0v) is 22.2. The second-order valence-electron chi connectivity index (χ2n) is 9.38. The third-order valence-electron chi connectivity index (χ3n) is 6.79. The molecule has 0 unspecified atom stereocenters. The van der Waals surface area contributed by atoms with Crippen molar-refractivity contribution in [3.63, 3.8) is 0 Å². The first-order valence-corrected chi connectivity index (χ1v) is 19.7. The van der Waals surface area contributed by atoms with Gasteiger partial charge in [0.05, 0.1) is 0 Å². The van der Waals surface area contributed by atoms with Gasteiger partial charge in [0.15, 0.2) is 0 Å². The fraction of sp³-hybridized carbons (Fsp3) is 0.800. The summed E-state index contributed by atoms with van der Waals surface area (Å²) < 4.78 is 12.4. The molecule has 3 heteroatoms. The Morgan fingerprint density at radius 2 is 1.57 bits per heavy atom. The number of hydrogen-bond acceptors (Lipinski definition) is 2. The van der Waals surface area contributed by atoms with Crippen LogP contribution in [0.2, 0.25) is 13.3 Å². The summed E-state index contributed by atoms with van der Waals surface area (Å²) >= 11 is -2.43. The summed E-state index contributed by atoms with van der Waals surface area (Å²) in [6.07, 6.45) is 13.6. The molecule has 0 spiro atoms. The SMILES string of the molecule is CCC[CH2][Sn]([CH2]CCC)([CH2]CCC)[c]1ccc(O[C@H]2CCC[C@H](C)C2)c(C)n1. The molecule has 0 N–H and O–H groups in total. The average molecular weight is 494 g/mol. The van der Waals surface area contributed by atoms with Crippen LogP contribution in [0.4, 0.5) is 0 Å². The Morgan fingerprint density at radius 1 is 0.964 bits per heavy atom. The van der Waals surface area contributed by atoms with Crippen LogP contribution in [-0.4, -0.2) is 29.5 Å². The van der Waals surface area contributed by atoms with Gasteiger partial charge in [0, 0.05) is 0 Å². The monoisotopic (exact) mass is 495 g/mol. The molecule has 0 bridgehead atoms. The molecule has 1 saturated carbocycles. The van der Waals surface area contributed by atoms with E-state index in [-0.39, 0.29) is 0 Å². The van der Waals surface area contributed by atoms with Gasteiger partial charge in [-0.3, -0.25) is 0 Å². The van der Waals surface area contributed by atoms with E-state index in [1.165, 1.54) is 81.2 Å². The Bertz CT molecular complexity index is 552. The maximum absolute atomic E-state index is 6.43. The van der Waals surface area contributed by atoms with E-state index in [9.17, 15) is 0 Å². The van der Waals surface area contributed by atoms with Crippen molar-refractivity contribution in [3.05, 3.63) is 17.8 Å². The molecule has 0 aliphatic heterocycles. The molecule has 1 aliphatic carbocycles. The number of hydrogen-bond donors (Lipinski definition) is 0. The summed E-state index contributed by atoms with van der Waals surface area (Å²) in [5.41, 5.74) is 1.14. The van der Waals surface area contributed by atoms with Crippen molar-refractivity contribution in [2.24, 2.45) is 5.92 Å². The quantitative estimate of drug-likeness (QED) is 0.283. The van der Waals surface area contributed by atoms with E-state index in [2.05, 4.69) is 46.8 Å². The van der Waals surface area contributed by atoms with Crippen LogP contribution < -0.4 is 8.45 Å². The predicted octanol–water partition coefficient (Wildman–Crippen LogP) is 7.40. The van der Waals surface area contributed by atoms with Crippen molar-refractivity contribution in [2.75, 3.05) is 0 Å². The van der Waals surface area contributed by atoms with Crippen LogP contribution in [0.5, 0.6) is 5.75 Å². The molecule has 1 heterocycles. The van der Waals surface area contributed by atoms with Gasteiger partial charge in [0.2, 0.25) is 0 Å². The van der Waals surface area contributed by atoms with Gasteiger partial charge in [-0.25, -0.2) is 0 Å². The Balaban J connectivity index is 2.22. The molecule has 0 amide bonds. The van der Waals surface area contributed by atoms with Gasteiger partial charge in [-0.15, -0.1) is 0 Å². The zero-order valence-electron chi connectivity index (χ0n) is 19.4. The average Bonchev–Trinajstić information content (AvgIpc) is 2.69. The first-order valence-electron chi connectivity index (χ1n) is 12.2. The van der Waals surface area contributed by atoms with E-state index >= 15 is 0 Å². The Hall–Kier alpha value is -0.251. The Labute approximate surface area is 179 Å². The predicted molar refractivity (Wildman–Crippen MR) is 126 cm³/mol. The maximum atomic E-state index is 6.43. The van der Waals surface area contributed by atoms with E-state index < -0.39 is 18.4 Å². The van der Waals surface area contributed by atoms with E-state index in [4.69, 9.17) is 9.72 Å². The molecule has 1 aromatic rings. The van der Waals surface area contributed by atoms with Crippen LogP contribution >= 0.6 is 0 Å². The van der Waals surface area contributed by atoms with Gasteiger partial charge in [0.25, 0.3) is 0 Å². The molecule has 1 aromatic heterocycles. The number of nitrogens with zero attached hydrogens (tertiary/aromatic N) is 1. The van der Waals surface area contributed by atoms with Crippen molar-refractivity contribution in [2.45, 2.75) is 118 Å². The Kier molecular flexibility index (Phi) is 10.7. The summed E-state index contributed by atoms with van der Waals surface area (Å²) in [7, 11) is 0. The summed E-state index contributed by atoms with van der Waals surface area (Å²) in [6, 6.07) is 4.68. The van der Waals surface area contributed by atoms with Gasteiger partial charge in [-0.2, -0.15) is 0 Å². The molecule has 0 aromatic carbocycles. The van der Waals surface area contributed by atoms with Gasteiger partial charge < -0.3 is 0 Å². The normalized spacial score (nSPS) is 20.3. The van der Waals surface area contributed by atoms with Crippen molar-refractivity contribution in [1.82, 2.24) is 4.98 Å². The number of ether oxygens (including phenoxy) is 1. The molecule has 1 fully saturated rings. The molecule has 0 saturated heterocycles. The van der Waals surface area contributed by atoms with E-state index in [0.29, 0.717) is 6.10 Å². The third-order valence-corrected chi connectivity index (χ3v) is 21.9. The second-order valence-corrected chi connectivity index (χ2v) is 22.4. The van der Waals surface area contributed by atoms with Gasteiger partial charge in [-0.1, -0.05) is 0 Å². The first kappa shape index (κ1) is 24.0. The molecule has 1 aliphatic rings. The molecule has 160 valence electrons. The van der Waals surface area contributed by atoms with Crippen molar-refractivity contribution < 1.29 is 4.74 Å². The summed E-state index contributed by atoms with van der Waals surface area (Å²) in [5, 5.41) is 0. The Morgan fingerprint density at radius 3 is 2.07 bits per heavy atom. The van der Waals surface area contributed by atoms with Crippen LogP contribution in [0.15, 0.2) is 12.1 Å². The molecular formula is C25H45NOSn. The van der Waals surface area contributed by atoms with Gasteiger partial charge in [-0.05, 0) is 0 Å². The minimum absolute atomic E-state index is 0.392. The fourth-order valence-electron chi connectivity index (χ4n) is 4.94. The number of aromatic nitrogens is 1. The summed E-state index contributed by atoms with van der Waals surface area (Å²) in [6.45, 7) is 11.6. The number of aryl methyl sites for hydroxylation is 1. The number of rotatable bonds is 12. The molecule has 28 heavy (non-hydrogen) atoms. The van der Waals surface area contributed by atoms with Crippen molar-refractivity contribution >= 4 is 22.1 Å². The second kappa shape index (κ2) is 12.4. The summed E-state index contributed by atoms with van der Waals surface area (Å²) in [4.78, 5) is 5.26. The fourth-order valence-corrected chi connectivity index (χ4v) is 20.5. The van der Waals surface area contributed by atoms with Crippen LogP contribution in [-0.2, 0) is 0 Å². The number of unbranched alkanes of at least 4 members (excludes halogenated alkanes) is 3. The van der Waals surface area contributed by atoms with E-state index in [1.807, 2.05) is 0 Å². The van der Waals surface area contributed by atoms with Gasteiger partial charge >= 0.3 is 180 Å². The van der Waals surface area contributed by atoms with Crippen LogP contribution in [0.3, 0.4) is 0 Å². The van der Waals surface area contributed by atoms with Crippen LogP contribution in [0.25, 0.3) is 0 Å². The van der Waals surface area contributed by atoms with Crippen LogP contribution in [0.1, 0.15) is 97.6 Å². The van der Waals surface area contributed by atoms with Crippen molar-refractivity contribution in [1.29, 1.82) is 0 Å². The minimum atomic E-state index is -2.43. The van der Waals surface area contributed by atoms with E-state index in [1.54, 1.807) is 0 Å². The molecule has 2 nitrogen and oxygen atoms in total. The molecular weight excluding hydrogens is 449 g/mol. The standard InChI is InChI=1S/C13H18NO.3C4H9.Sn/c1-10-5-3-6-12(9-10)15-13-7-4-8-14-11(13)2;3*1-3-4-2;/h4,7,10,12H,3,5-6,9H2,1-2H3;3*1,3-4H2,2H3;/t10-,12-;;;;/m0..../s1. The number of pyridine rings is 1. The molecule has 0 radical (unpaired) electrons.